The molecular formula is C18H13ClF3N5O2S. The van der Waals surface area contributed by atoms with Crippen LogP contribution in [0, 0.1) is 17.5 Å². The van der Waals surface area contributed by atoms with E-state index in [0.717, 1.165) is 23.4 Å². The van der Waals surface area contributed by atoms with E-state index < -0.39 is 41.5 Å². The van der Waals surface area contributed by atoms with E-state index in [4.69, 9.17) is 11.6 Å². The predicted octanol–water partition coefficient (Wildman–Crippen LogP) is 3.39. The maximum absolute atomic E-state index is 13.5. The Morgan fingerprint density at radius 3 is 2.50 bits per heavy atom. The fourth-order valence-corrected chi connectivity index (χ4v) is 2.98. The van der Waals surface area contributed by atoms with Crippen molar-refractivity contribution >= 4 is 40.9 Å². The molecule has 0 aliphatic rings. The zero-order valence-corrected chi connectivity index (χ0v) is 16.6. The van der Waals surface area contributed by atoms with E-state index in [9.17, 15) is 22.8 Å². The highest BCUT2D eigenvalue weighted by Crippen LogP contribution is 2.21. The second kappa shape index (κ2) is 9.63. The minimum Gasteiger partial charge on any atom is -0.346 e. The van der Waals surface area contributed by atoms with Gasteiger partial charge in [0.2, 0.25) is 17.0 Å². The summed E-state index contributed by atoms with van der Waals surface area (Å²) in [5, 5.41) is 12.0. The molecule has 0 radical (unpaired) electrons. The Balaban J connectivity index is 1.45. The minimum absolute atomic E-state index is 0.0786. The zero-order chi connectivity index (χ0) is 21.7. The van der Waals surface area contributed by atoms with Crippen molar-refractivity contribution in [3.63, 3.8) is 0 Å². The fourth-order valence-electron chi connectivity index (χ4n) is 2.22. The van der Waals surface area contributed by atoms with Crippen LogP contribution in [-0.4, -0.2) is 39.3 Å². The van der Waals surface area contributed by atoms with Crippen LogP contribution in [0.3, 0.4) is 0 Å². The number of amides is 2. The Morgan fingerprint density at radius 2 is 1.77 bits per heavy atom. The molecule has 0 saturated heterocycles. The first-order valence-electron chi connectivity index (χ1n) is 8.34. The summed E-state index contributed by atoms with van der Waals surface area (Å²) < 4.78 is 39.6. The molecule has 30 heavy (non-hydrogen) atoms. The van der Waals surface area contributed by atoms with Gasteiger partial charge in [-0.3, -0.25) is 14.7 Å². The molecule has 156 valence electrons. The van der Waals surface area contributed by atoms with Gasteiger partial charge in [-0.1, -0.05) is 23.4 Å². The Morgan fingerprint density at radius 1 is 1.03 bits per heavy atom. The van der Waals surface area contributed by atoms with Crippen molar-refractivity contribution in [3.8, 4) is 11.4 Å². The molecule has 2 amide bonds. The van der Waals surface area contributed by atoms with Crippen molar-refractivity contribution in [1.29, 1.82) is 0 Å². The van der Waals surface area contributed by atoms with Crippen LogP contribution in [0.4, 0.5) is 18.9 Å². The first kappa shape index (κ1) is 21.7. The molecule has 7 nitrogen and oxygen atoms in total. The largest absolute Gasteiger partial charge is 0.346 e. The van der Waals surface area contributed by atoms with Gasteiger partial charge in [0.15, 0.2) is 23.3 Å². The molecule has 0 fully saturated rings. The van der Waals surface area contributed by atoms with Crippen LogP contribution in [-0.2, 0) is 9.59 Å². The van der Waals surface area contributed by atoms with Crippen LogP contribution >= 0.6 is 23.4 Å². The SMILES string of the molecule is O=C(CSc1n[nH]c(-c2ccc(Cl)cc2)n1)NCC(=O)Nc1ccc(F)c(F)c1F. The zero-order valence-electron chi connectivity index (χ0n) is 15.0. The summed E-state index contributed by atoms with van der Waals surface area (Å²) in [7, 11) is 0. The van der Waals surface area contributed by atoms with Crippen LogP contribution in [0.2, 0.25) is 5.02 Å². The van der Waals surface area contributed by atoms with Gasteiger partial charge in [0.25, 0.3) is 0 Å². The van der Waals surface area contributed by atoms with Gasteiger partial charge in [-0.15, -0.1) is 5.10 Å². The quantitative estimate of drug-likeness (QED) is 0.374. The lowest BCUT2D eigenvalue weighted by Gasteiger charge is -2.08. The topological polar surface area (TPSA) is 99.8 Å². The summed E-state index contributed by atoms with van der Waals surface area (Å²) in [6.45, 7) is -0.484. The third-order valence-electron chi connectivity index (χ3n) is 3.67. The molecule has 0 bridgehead atoms. The lowest BCUT2D eigenvalue weighted by molar-refractivity contribution is -0.122. The molecule has 0 unspecified atom stereocenters. The number of rotatable bonds is 7. The number of benzene rings is 2. The summed E-state index contributed by atoms with van der Waals surface area (Å²) in [6.07, 6.45) is 0. The molecule has 1 heterocycles. The maximum Gasteiger partial charge on any atom is 0.243 e. The Kier molecular flexibility index (Phi) is 6.95. The van der Waals surface area contributed by atoms with Gasteiger partial charge < -0.3 is 10.6 Å². The smallest absolute Gasteiger partial charge is 0.243 e. The number of hydrogen-bond donors (Lipinski definition) is 3. The van der Waals surface area contributed by atoms with Gasteiger partial charge in [-0.25, -0.2) is 18.2 Å². The summed E-state index contributed by atoms with van der Waals surface area (Å²) in [6, 6.07) is 8.49. The summed E-state index contributed by atoms with van der Waals surface area (Å²) in [5.41, 5.74) is 0.238. The highest BCUT2D eigenvalue weighted by Gasteiger charge is 2.16. The normalized spacial score (nSPS) is 10.7. The standard InChI is InChI=1S/C18H13ClF3N5O2S/c19-10-3-1-9(2-4-10)17-25-18(27-26-17)30-8-14(29)23-7-13(28)24-12-6-5-11(20)15(21)16(12)22/h1-6H,7-8H2,(H,23,29)(H,24,28)(H,25,26,27). The molecule has 0 saturated carbocycles. The number of anilines is 1. The number of aromatic amines is 1. The lowest BCUT2D eigenvalue weighted by atomic mass is 10.2. The van der Waals surface area contributed by atoms with E-state index in [1.54, 1.807) is 24.3 Å². The molecule has 0 spiro atoms. The molecule has 0 aliphatic heterocycles. The fraction of sp³-hybridized carbons (Fsp3) is 0.111. The highest BCUT2D eigenvalue weighted by molar-refractivity contribution is 7.99. The third kappa shape index (κ3) is 5.51. The second-order valence-electron chi connectivity index (χ2n) is 5.81. The number of aromatic nitrogens is 3. The molecule has 1 aromatic heterocycles. The maximum atomic E-state index is 13.5. The number of thioether (sulfide) groups is 1. The highest BCUT2D eigenvalue weighted by atomic mass is 35.5. The van der Waals surface area contributed by atoms with E-state index in [1.807, 2.05) is 0 Å². The van der Waals surface area contributed by atoms with Gasteiger partial charge >= 0.3 is 0 Å². The van der Waals surface area contributed by atoms with Crippen LogP contribution in [0.5, 0.6) is 0 Å². The number of nitrogens with one attached hydrogen (secondary N) is 3. The molecule has 12 heteroatoms. The molecule has 0 atom stereocenters. The molecule has 2 aromatic carbocycles. The van der Waals surface area contributed by atoms with Crippen LogP contribution in [0.15, 0.2) is 41.6 Å². The van der Waals surface area contributed by atoms with Crippen LogP contribution in [0.25, 0.3) is 11.4 Å². The monoisotopic (exact) mass is 455 g/mol. The van der Waals surface area contributed by atoms with Gasteiger partial charge in [0, 0.05) is 10.6 Å². The van der Waals surface area contributed by atoms with E-state index in [2.05, 4.69) is 25.8 Å². The van der Waals surface area contributed by atoms with Crippen molar-refractivity contribution < 1.29 is 22.8 Å². The minimum atomic E-state index is -1.70. The van der Waals surface area contributed by atoms with Crippen molar-refractivity contribution in [2.75, 3.05) is 17.6 Å². The second-order valence-corrected chi connectivity index (χ2v) is 7.19. The van der Waals surface area contributed by atoms with Crippen LogP contribution < -0.4 is 10.6 Å². The molecule has 0 aliphatic carbocycles. The van der Waals surface area contributed by atoms with Crippen molar-refractivity contribution in [2.45, 2.75) is 5.16 Å². The van der Waals surface area contributed by atoms with E-state index in [-0.39, 0.29) is 5.75 Å². The summed E-state index contributed by atoms with van der Waals surface area (Å²) in [4.78, 5) is 27.9. The van der Waals surface area contributed by atoms with Gasteiger partial charge in [-0.05, 0) is 36.4 Å². The average Bonchev–Trinajstić information content (AvgIpc) is 3.21. The summed E-state index contributed by atoms with van der Waals surface area (Å²) >= 11 is 6.87. The Hall–Kier alpha value is -3.05. The molecular weight excluding hydrogens is 443 g/mol. The molecule has 3 N–H and O–H groups in total. The number of halogens is 4. The van der Waals surface area contributed by atoms with Crippen molar-refractivity contribution in [2.24, 2.45) is 0 Å². The number of nitrogens with zero attached hydrogens (tertiary/aromatic N) is 2. The molecule has 3 aromatic rings. The lowest BCUT2D eigenvalue weighted by Crippen LogP contribution is -2.34. The number of H-pyrrole nitrogens is 1. The number of carbonyl (C=O) groups excluding carboxylic acids is 2. The Labute approximate surface area is 177 Å². The first-order valence-corrected chi connectivity index (χ1v) is 9.71. The van der Waals surface area contributed by atoms with Gasteiger partial charge in [0.05, 0.1) is 18.0 Å². The number of carbonyl (C=O) groups is 2. The molecule has 3 rings (SSSR count). The van der Waals surface area contributed by atoms with E-state index in [0.29, 0.717) is 22.1 Å². The summed E-state index contributed by atoms with van der Waals surface area (Å²) in [5.74, 6) is -5.47. The first-order chi connectivity index (χ1) is 14.3. The predicted molar refractivity (Wildman–Crippen MR) is 106 cm³/mol. The Bertz CT molecular complexity index is 1080. The van der Waals surface area contributed by atoms with Crippen molar-refractivity contribution in [3.05, 3.63) is 58.9 Å². The van der Waals surface area contributed by atoms with Crippen LogP contribution in [0.1, 0.15) is 0 Å². The van der Waals surface area contributed by atoms with Gasteiger partial charge in [0.1, 0.15) is 0 Å². The third-order valence-corrected chi connectivity index (χ3v) is 4.77. The van der Waals surface area contributed by atoms with E-state index >= 15 is 0 Å². The number of hydrogen-bond acceptors (Lipinski definition) is 5. The van der Waals surface area contributed by atoms with Crippen molar-refractivity contribution in [1.82, 2.24) is 20.5 Å². The van der Waals surface area contributed by atoms with Gasteiger partial charge in [-0.2, -0.15) is 0 Å². The average molecular weight is 456 g/mol. The van der Waals surface area contributed by atoms with E-state index in [1.165, 1.54) is 0 Å².